The van der Waals surface area contributed by atoms with E-state index in [0.717, 1.165) is 15.2 Å². The average Bonchev–Trinajstić information content (AvgIpc) is 3.26. The summed E-state index contributed by atoms with van der Waals surface area (Å²) < 4.78 is 10.5. The van der Waals surface area contributed by atoms with E-state index in [0.29, 0.717) is 5.39 Å². The van der Waals surface area contributed by atoms with Crippen molar-refractivity contribution >= 4 is 51.9 Å². The molecule has 2 aliphatic rings. The van der Waals surface area contributed by atoms with Gasteiger partial charge in [0.25, 0.3) is 17.7 Å². The predicted molar refractivity (Wildman–Crippen MR) is 145 cm³/mol. The molecule has 2 aromatic carbocycles. The summed E-state index contributed by atoms with van der Waals surface area (Å²) in [7, 11) is 0. The van der Waals surface area contributed by atoms with Crippen molar-refractivity contribution in [2.24, 2.45) is 0 Å². The van der Waals surface area contributed by atoms with E-state index in [4.69, 9.17) is 9.47 Å². The first kappa shape index (κ1) is 27.7. The van der Waals surface area contributed by atoms with Crippen molar-refractivity contribution < 1.29 is 38.6 Å². The fourth-order valence-electron chi connectivity index (χ4n) is 4.87. The van der Waals surface area contributed by atoms with Crippen molar-refractivity contribution in [2.75, 3.05) is 29.6 Å². The Labute approximate surface area is 234 Å². The maximum atomic E-state index is 14.0. The molecule has 3 heterocycles. The van der Waals surface area contributed by atoms with Crippen molar-refractivity contribution in [3.05, 3.63) is 66.5 Å². The van der Waals surface area contributed by atoms with Crippen LogP contribution in [0.4, 0.5) is 16.2 Å². The molecule has 0 aliphatic carbocycles. The van der Waals surface area contributed by atoms with E-state index >= 15 is 0 Å². The topological polar surface area (TPSA) is 167 Å². The second-order valence-corrected chi connectivity index (χ2v) is 9.31. The summed E-state index contributed by atoms with van der Waals surface area (Å²) >= 11 is 0. The highest BCUT2D eigenvalue weighted by Crippen LogP contribution is 2.33. The number of aromatic nitrogens is 1. The lowest BCUT2D eigenvalue weighted by Gasteiger charge is -2.26. The molecule has 1 fully saturated rings. The summed E-state index contributed by atoms with van der Waals surface area (Å²) in [6, 6.07) is 11.7. The molecule has 212 valence electrons. The molecule has 0 saturated carbocycles. The Morgan fingerprint density at radius 1 is 1.05 bits per heavy atom. The smallest absolute Gasteiger partial charge is 0.329 e. The molecule has 0 radical (unpaired) electrons. The Balaban J connectivity index is 1.51. The highest BCUT2D eigenvalue weighted by molar-refractivity contribution is 6.21. The minimum Gasteiger partial charge on any atom is -0.433 e. The SMILES string of the molecule is CCOC1OC(=O)C[C@@H]1NC(=O)N1C(=O)[C@@H](NC(=O)c2nccc3ccccc23)CN(C(=O)CO)c2ccccc21. The molecule has 5 amide bonds. The van der Waals surface area contributed by atoms with Crippen molar-refractivity contribution in [3.8, 4) is 0 Å². The Hall–Kier alpha value is -4.88. The molecular formula is C28H27N5O8. The van der Waals surface area contributed by atoms with Gasteiger partial charge < -0.3 is 30.1 Å². The molecule has 13 nitrogen and oxygen atoms in total. The highest BCUT2D eigenvalue weighted by Gasteiger charge is 2.43. The number of urea groups is 1. The number of aliphatic hydroxyl groups is 1. The number of para-hydroxylation sites is 2. The number of benzene rings is 2. The van der Waals surface area contributed by atoms with Gasteiger partial charge in [0.05, 0.1) is 24.3 Å². The van der Waals surface area contributed by atoms with Gasteiger partial charge in [0, 0.05) is 18.2 Å². The second-order valence-electron chi connectivity index (χ2n) is 9.31. The lowest BCUT2D eigenvalue weighted by atomic mass is 10.1. The van der Waals surface area contributed by atoms with Crippen LogP contribution in [0.25, 0.3) is 10.8 Å². The molecule has 5 rings (SSSR count). The molecule has 3 atom stereocenters. The predicted octanol–water partition coefficient (Wildman–Crippen LogP) is 1.09. The lowest BCUT2D eigenvalue weighted by Crippen LogP contribution is -2.57. The molecule has 1 saturated heterocycles. The van der Waals surface area contributed by atoms with Crippen molar-refractivity contribution in [3.63, 3.8) is 0 Å². The van der Waals surface area contributed by atoms with E-state index < -0.39 is 54.7 Å². The van der Waals surface area contributed by atoms with Crippen LogP contribution in [0, 0.1) is 0 Å². The zero-order valence-corrected chi connectivity index (χ0v) is 22.0. The number of fused-ring (bicyclic) bond motifs is 2. The molecule has 3 N–H and O–H groups in total. The minimum absolute atomic E-state index is 0.0371. The number of carbonyl (C=O) groups is 5. The molecular weight excluding hydrogens is 534 g/mol. The lowest BCUT2D eigenvalue weighted by molar-refractivity contribution is -0.163. The molecule has 2 aliphatic heterocycles. The number of aliphatic hydroxyl groups excluding tert-OH is 1. The van der Waals surface area contributed by atoms with E-state index in [1.165, 1.54) is 18.3 Å². The van der Waals surface area contributed by atoms with Gasteiger partial charge in [-0.05, 0) is 30.5 Å². The van der Waals surface area contributed by atoms with E-state index in [1.807, 2.05) is 12.1 Å². The van der Waals surface area contributed by atoms with Crippen LogP contribution in [-0.2, 0) is 23.9 Å². The first-order valence-corrected chi connectivity index (χ1v) is 12.9. The number of hydrogen-bond donors (Lipinski definition) is 3. The van der Waals surface area contributed by atoms with Crippen molar-refractivity contribution in [2.45, 2.75) is 31.7 Å². The number of esters is 1. The van der Waals surface area contributed by atoms with Crippen LogP contribution in [0.2, 0.25) is 0 Å². The number of nitrogens with zero attached hydrogens (tertiary/aromatic N) is 3. The zero-order valence-electron chi connectivity index (χ0n) is 22.0. The molecule has 0 spiro atoms. The van der Waals surface area contributed by atoms with Crippen LogP contribution in [0.15, 0.2) is 60.8 Å². The highest BCUT2D eigenvalue weighted by atomic mass is 16.7. The number of cyclic esters (lactones) is 1. The van der Waals surface area contributed by atoms with E-state index in [1.54, 1.807) is 37.3 Å². The Morgan fingerprint density at radius 2 is 1.78 bits per heavy atom. The number of ether oxygens (including phenoxy) is 2. The molecule has 0 bridgehead atoms. The second kappa shape index (κ2) is 11.7. The minimum atomic E-state index is -1.42. The Kier molecular flexibility index (Phi) is 7.90. The maximum Gasteiger partial charge on any atom is 0.329 e. The third-order valence-electron chi connectivity index (χ3n) is 6.73. The monoisotopic (exact) mass is 561 g/mol. The van der Waals surface area contributed by atoms with Gasteiger partial charge in [-0.25, -0.2) is 9.69 Å². The third kappa shape index (κ3) is 5.44. The number of amides is 5. The number of pyridine rings is 1. The van der Waals surface area contributed by atoms with Gasteiger partial charge in [-0.3, -0.25) is 24.2 Å². The zero-order chi connectivity index (χ0) is 29.1. The van der Waals surface area contributed by atoms with Gasteiger partial charge in [0.15, 0.2) is 0 Å². The first-order chi connectivity index (χ1) is 19.8. The molecule has 1 aromatic heterocycles. The van der Waals surface area contributed by atoms with E-state index in [2.05, 4.69) is 15.6 Å². The maximum absolute atomic E-state index is 14.0. The van der Waals surface area contributed by atoms with Crippen molar-refractivity contribution in [1.82, 2.24) is 15.6 Å². The summed E-state index contributed by atoms with van der Waals surface area (Å²) in [6.45, 7) is 0.661. The van der Waals surface area contributed by atoms with Gasteiger partial charge >= 0.3 is 12.0 Å². The van der Waals surface area contributed by atoms with Crippen LogP contribution < -0.4 is 20.4 Å². The van der Waals surface area contributed by atoms with Crippen LogP contribution in [0.3, 0.4) is 0 Å². The summed E-state index contributed by atoms with van der Waals surface area (Å²) in [5.41, 5.74) is 0.250. The first-order valence-electron chi connectivity index (χ1n) is 12.9. The van der Waals surface area contributed by atoms with E-state index in [-0.39, 0.29) is 36.6 Å². The number of carbonyl (C=O) groups excluding carboxylic acids is 5. The Morgan fingerprint density at radius 3 is 2.54 bits per heavy atom. The summed E-state index contributed by atoms with van der Waals surface area (Å²) in [5, 5.41) is 16.2. The van der Waals surface area contributed by atoms with Gasteiger partial charge in [0.1, 0.15) is 24.4 Å². The standard InChI is InChI=1S/C28H27N5O8/c1-2-40-27-18(13-23(36)41-27)31-28(39)33-21-10-6-5-9-20(21)32(22(35)15-34)14-19(26(33)38)30-25(37)24-17-8-4-3-7-16(17)11-12-29-24/h3-12,18-19,27,34H,2,13-15H2,1H3,(H,30,37)(H,31,39)/t18-,19-,27?/m0/s1. The van der Waals surface area contributed by atoms with Gasteiger partial charge in [-0.2, -0.15) is 0 Å². The number of anilines is 2. The Bertz CT molecular complexity index is 1520. The van der Waals surface area contributed by atoms with Crippen LogP contribution in [0.5, 0.6) is 0 Å². The summed E-state index contributed by atoms with van der Waals surface area (Å²) in [6.07, 6.45) is 0.236. The van der Waals surface area contributed by atoms with Crippen LogP contribution in [-0.4, -0.2) is 77.9 Å². The van der Waals surface area contributed by atoms with Crippen molar-refractivity contribution in [1.29, 1.82) is 0 Å². The van der Waals surface area contributed by atoms with Gasteiger partial charge in [-0.15, -0.1) is 0 Å². The van der Waals surface area contributed by atoms with Crippen LogP contribution >= 0.6 is 0 Å². The fourth-order valence-corrected chi connectivity index (χ4v) is 4.87. The number of rotatable bonds is 6. The van der Waals surface area contributed by atoms with Gasteiger partial charge in [-0.1, -0.05) is 36.4 Å². The fraction of sp³-hybridized carbons (Fsp3) is 0.286. The normalized spacial score (nSPS) is 20.3. The molecule has 41 heavy (non-hydrogen) atoms. The largest absolute Gasteiger partial charge is 0.433 e. The summed E-state index contributed by atoms with van der Waals surface area (Å²) in [4.78, 5) is 71.9. The molecule has 13 heteroatoms. The summed E-state index contributed by atoms with van der Waals surface area (Å²) in [5.74, 6) is -2.88. The molecule has 3 aromatic rings. The van der Waals surface area contributed by atoms with Gasteiger partial charge in [0.2, 0.25) is 6.29 Å². The molecule has 1 unspecified atom stereocenters. The average molecular weight is 562 g/mol. The van der Waals surface area contributed by atoms with E-state index in [9.17, 15) is 29.1 Å². The number of nitrogens with one attached hydrogen (secondary N) is 2. The number of imide groups is 1. The third-order valence-corrected chi connectivity index (χ3v) is 6.73. The van der Waals surface area contributed by atoms with Crippen LogP contribution in [0.1, 0.15) is 23.8 Å². The quantitative estimate of drug-likeness (QED) is 0.373. The number of hydrogen-bond acceptors (Lipinski definition) is 9.